The van der Waals surface area contributed by atoms with E-state index in [1.807, 2.05) is 0 Å². The van der Waals surface area contributed by atoms with Crippen LogP contribution >= 0.6 is 11.6 Å². The standard InChI is InChI=1S/C12H9ClFNO2/c13-7-1-2-8(14)10-11(7)15-9-3-4-17-5-6(9)12(10)16/h1-2H,3-5H2,(H,15,16). The number of ether oxygens (including phenoxy) is 1. The number of benzene rings is 1. The van der Waals surface area contributed by atoms with Crippen molar-refractivity contribution in [2.45, 2.75) is 13.0 Å². The molecule has 88 valence electrons. The van der Waals surface area contributed by atoms with Gasteiger partial charge in [-0.05, 0) is 12.1 Å². The Morgan fingerprint density at radius 2 is 2.24 bits per heavy atom. The van der Waals surface area contributed by atoms with Gasteiger partial charge >= 0.3 is 0 Å². The van der Waals surface area contributed by atoms with E-state index in [1.54, 1.807) is 0 Å². The molecule has 0 radical (unpaired) electrons. The second-order valence-electron chi connectivity index (χ2n) is 3.99. The summed E-state index contributed by atoms with van der Waals surface area (Å²) < 4.78 is 18.9. The van der Waals surface area contributed by atoms with Gasteiger partial charge in [0.05, 0.1) is 29.1 Å². The first kappa shape index (κ1) is 10.7. The van der Waals surface area contributed by atoms with E-state index in [0.29, 0.717) is 29.1 Å². The van der Waals surface area contributed by atoms with Gasteiger partial charge in [-0.15, -0.1) is 0 Å². The van der Waals surface area contributed by atoms with Gasteiger partial charge in [0.1, 0.15) is 5.82 Å². The molecular formula is C12H9ClFNO2. The maximum absolute atomic E-state index is 13.7. The second-order valence-corrected chi connectivity index (χ2v) is 4.40. The van der Waals surface area contributed by atoms with Gasteiger partial charge in [0.25, 0.3) is 0 Å². The highest BCUT2D eigenvalue weighted by molar-refractivity contribution is 6.35. The van der Waals surface area contributed by atoms with E-state index in [4.69, 9.17) is 16.3 Å². The van der Waals surface area contributed by atoms with Gasteiger partial charge in [-0.1, -0.05) is 11.6 Å². The van der Waals surface area contributed by atoms with Crippen LogP contribution in [0.5, 0.6) is 0 Å². The fourth-order valence-electron chi connectivity index (χ4n) is 2.12. The molecule has 17 heavy (non-hydrogen) atoms. The lowest BCUT2D eigenvalue weighted by Crippen LogP contribution is -2.22. The number of nitrogens with one attached hydrogen (secondary N) is 1. The van der Waals surface area contributed by atoms with Gasteiger partial charge in [0, 0.05) is 17.7 Å². The molecule has 3 nitrogen and oxygen atoms in total. The molecule has 2 aromatic rings. The summed E-state index contributed by atoms with van der Waals surface area (Å²) in [6.45, 7) is 0.786. The van der Waals surface area contributed by atoms with Gasteiger partial charge in [-0.2, -0.15) is 0 Å². The van der Waals surface area contributed by atoms with Crippen LogP contribution in [0.3, 0.4) is 0 Å². The zero-order chi connectivity index (χ0) is 12.0. The monoisotopic (exact) mass is 253 g/mol. The average molecular weight is 254 g/mol. The Morgan fingerprint density at radius 1 is 1.41 bits per heavy atom. The smallest absolute Gasteiger partial charge is 0.198 e. The molecule has 1 aliphatic heterocycles. The largest absolute Gasteiger partial charge is 0.376 e. The quantitative estimate of drug-likeness (QED) is 0.783. The topological polar surface area (TPSA) is 42.1 Å². The van der Waals surface area contributed by atoms with E-state index < -0.39 is 5.82 Å². The van der Waals surface area contributed by atoms with E-state index >= 15 is 0 Å². The molecule has 0 unspecified atom stereocenters. The van der Waals surface area contributed by atoms with E-state index in [9.17, 15) is 9.18 Å². The molecule has 0 amide bonds. The number of fused-ring (bicyclic) bond motifs is 2. The van der Waals surface area contributed by atoms with Crippen molar-refractivity contribution in [3.05, 3.63) is 44.5 Å². The molecule has 0 bridgehead atoms. The van der Waals surface area contributed by atoms with E-state index in [1.165, 1.54) is 12.1 Å². The summed E-state index contributed by atoms with van der Waals surface area (Å²) >= 11 is 5.98. The number of aromatic nitrogens is 1. The molecule has 0 saturated carbocycles. The van der Waals surface area contributed by atoms with Crippen molar-refractivity contribution < 1.29 is 9.13 Å². The van der Waals surface area contributed by atoms with Crippen LogP contribution in [0, 0.1) is 5.82 Å². The van der Waals surface area contributed by atoms with Gasteiger partial charge < -0.3 is 9.72 Å². The minimum Gasteiger partial charge on any atom is -0.376 e. The normalized spacial score (nSPS) is 14.9. The zero-order valence-electron chi connectivity index (χ0n) is 8.85. The first-order chi connectivity index (χ1) is 8.18. The fraction of sp³-hybridized carbons (Fsp3) is 0.250. The summed E-state index contributed by atoms with van der Waals surface area (Å²) in [5.41, 5.74) is 1.34. The highest BCUT2D eigenvalue weighted by atomic mass is 35.5. The van der Waals surface area contributed by atoms with Gasteiger partial charge in [0.2, 0.25) is 0 Å². The number of pyridine rings is 1. The molecule has 2 heterocycles. The Kier molecular flexibility index (Phi) is 2.42. The van der Waals surface area contributed by atoms with Crippen molar-refractivity contribution in [2.75, 3.05) is 6.61 Å². The number of rotatable bonds is 0. The third kappa shape index (κ3) is 1.56. The predicted molar refractivity (Wildman–Crippen MR) is 62.9 cm³/mol. The van der Waals surface area contributed by atoms with Crippen LogP contribution < -0.4 is 5.43 Å². The lowest BCUT2D eigenvalue weighted by Gasteiger charge is -2.17. The molecule has 1 aliphatic rings. The van der Waals surface area contributed by atoms with Crippen LogP contribution in [-0.4, -0.2) is 11.6 Å². The number of halogens is 2. The van der Waals surface area contributed by atoms with Crippen molar-refractivity contribution in [1.82, 2.24) is 4.98 Å². The molecule has 0 saturated heterocycles. The molecule has 0 atom stereocenters. The van der Waals surface area contributed by atoms with E-state index in [-0.39, 0.29) is 17.4 Å². The number of H-pyrrole nitrogens is 1. The third-order valence-electron chi connectivity index (χ3n) is 2.99. The van der Waals surface area contributed by atoms with E-state index in [0.717, 1.165) is 5.69 Å². The highest BCUT2D eigenvalue weighted by Gasteiger charge is 2.19. The molecule has 1 aromatic carbocycles. The summed E-state index contributed by atoms with van der Waals surface area (Å²) in [5.74, 6) is -0.556. The first-order valence-corrected chi connectivity index (χ1v) is 5.66. The van der Waals surface area contributed by atoms with Crippen LogP contribution in [-0.2, 0) is 17.8 Å². The van der Waals surface area contributed by atoms with Crippen LogP contribution in [0.1, 0.15) is 11.3 Å². The Morgan fingerprint density at radius 3 is 3.06 bits per heavy atom. The first-order valence-electron chi connectivity index (χ1n) is 5.28. The Labute approximate surface area is 101 Å². The highest BCUT2D eigenvalue weighted by Crippen LogP contribution is 2.24. The van der Waals surface area contributed by atoms with Gasteiger partial charge in [0.15, 0.2) is 5.43 Å². The van der Waals surface area contributed by atoms with Crippen LogP contribution in [0.2, 0.25) is 5.02 Å². The van der Waals surface area contributed by atoms with Crippen LogP contribution in [0.4, 0.5) is 4.39 Å². The number of aromatic amines is 1. The molecule has 5 heteroatoms. The minimum absolute atomic E-state index is 0.0155. The summed E-state index contributed by atoms with van der Waals surface area (Å²) in [4.78, 5) is 15.2. The fourth-order valence-corrected chi connectivity index (χ4v) is 2.33. The molecule has 1 aromatic heterocycles. The lowest BCUT2D eigenvalue weighted by atomic mass is 10.1. The van der Waals surface area contributed by atoms with Crippen molar-refractivity contribution >= 4 is 22.5 Å². The maximum Gasteiger partial charge on any atom is 0.198 e. The molecular weight excluding hydrogens is 245 g/mol. The Hall–Kier alpha value is -1.39. The summed E-state index contributed by atoms with van der Waals surface area (Å²) in [6.07, 6.45) is 0.618. The number of hydrogen-bond acceptors (Lipinski definition) is 2. The van der Waals surface area contributed by atoms with Gasteiger partial charge in [-0.25, -0.2) is 4.39 Å². The molecule has 1 N–H and O–H groups in total. The second kappa shape index (κ2) is 3.82. The molecule has 0 aliphatic carbocycles. The summed E-state index contributed by atoms with van der Waals surface area (Å²) in [6, 6.07) is 2.65. The third-order valence-corrected chi connectivity index (χ3v) is 3.30. The van der Waals surface area contributed by atoms with Crippen LogP contribution in [0.25, 0.3) is 10.9 Å². The predicted octanol–water partition coefficient (Wildman–Crippen LogP) is 2.39. The lowest BCUT2D eigenvalue weighted by molar-refractivity contribution is 0.108. The van der Waals surface area contributed by atoms with E-state index in [2.05, 4.69) is 4.98 Å². The van der Waals surface area contributed by atoms with Crippen LogP contribution in [0.15, 0.2) is 16.9 Å². The van der Waals surface area contributed by atoms with Gasteiger partial charge in [-0.3, -0.25) is 4.79 Å². The van der Waals surface area contributed by atoms with Crippen molar-refractivity contribution in [3.63, 3.8) is 0 Å². The molecule has 0 fully saturated rings. The maximum atomic E-state index is 13.7. The Balaban J connectivity index is 2.48. The Bertz CT molecular complexity index is 666. The molecule has 0 spiro atoms. The number of hydrogen-bond donors (Lipinski definition) is 1. The van der Waals surface area contributed by atoms with Crippen molar-refractivity contribution in [1.29, 1.82) is 0 Å². The average Bonchev–Trinajstić information content (AvgIpc) is 2.34. The SMILES string of the molecule is O=c1c2c([nH]c3c(Cl)ccc(F)c13)CCOC2. The zero-order valence-corrected chi connectivity index (χ0v) is 9.60. The summed E-state index contributed by atoms with van der Waals surface area (Å²) in [5, 5.41) is 0.370. The van der Waals surface area contributed by atoms with Crippen molar-refractivity contribution in [2.24, 2.45) is 0 Å². The minimum atomic E-state index is -0.556. The molecule has 3 rings (SSSR count). The van der Waals surface area contributed by atoms with Crippen molar-refractivity contribution in [3.8, 4) is 0 Å². The summed E-state index contributed by atoms with van der Waals surface area (Å²) in [7, 11) is 0.